The lowest BCUT2D eigenvalue weighted by Crippen LogP contribution is -2.35. The van der Waals surface area contributed by atoms with E-state index in [1.165, 1.54) is 12.1 Å². The Hall–Kier alpha value is -2.20. The van der Waals surface area contributed by atoms with Crippen molar-refractivity contribution in [3.63, 3.8) is 0 Å². The SMILES string of the molecule is CCCCN(C)C(C(=O)Nc1ccc(F)cc1)c1ccccc1. The highest BCUT2D eigenvalue weighted by Gasteiger charge is 2.24. The van der Waals surface area contributed by atoms with Crippen LogP contribution in [0, 0.1) is 5.82 Å². The number of hydrogen-bond acceptors (Lipinski definition) is 2. The average molecular weight is 314 g/mol. The molecule has 1 N–H and O–H groups in total. The summed E-state index contributed by atoms with van der Waals surface area (Å²) in [6.45, 7) is 2.97. The maximum atomic E-state index is 13.0. The molecule has 1 atom stereocenters. The number of benzene rings is 2. The Morgan fingerprint density at radius 1 is 1.13 bits per heavy atom. The van der Waals surface area contributed by atoms with Crippen molar-refractivity contribution in [2.24, 2.45) is 0 Å². The molecule has 0 radical (unpaired) electrons. The van der Waals surface area contributed by atoms with Crippen LogP contribution >= 0.6 is 0 Å². The molecular weight excluding hydrogens is 291 g/mol. The van der Waals surface area contributed by atoms with Crippen molar-refractivity contribution in [3.8, 4) is 0 Å². The molecule has 0 bridgehead atoms. The van der Waals surface area contributed by atoms with Crippen LogP contribution in [0.3, 0.4) is 0 Å². The van der Waals surface area contributed by atoms with E-state index in [-0.39, 0.29) is 17.8 Å². The zero-order chi connectivity index (χ0) is 16.7. The van der Waals surface area contributed by atoms with Gasteiger partial charge in [0.1, 0.15) is 11.9 Å². The van der Waals surface area contributed by atoms with Crippen molar-refractivity contribution in [1.29, 1.82) is 0 Å². The number of rotatable bonds is 7. The van der Waals surface area contributed by atoms with Crippen molar-refractivity contribution in [2.75, 3.05) is 18.9 Å². The first-order chi connectivity index (χ1) is 11.1. The summed E-state index contributed by atoms with van der Waals surface area (Å²) in [6, 6.07) is 15.2. The summed E-state index contributed by atoms with van der Waals surface area (Å²) in [7, 11) is 1.96. The predicted molar refractivity (Wildman–Crippen MR) is 91.8 cm³/mol. The highest BCUT2D eigenvalue weighted by molar-refractivity contribution is 5.95. The molecule has 0 spiro atoms. The molecule has 2 rings (SSSR count). The molecule has 0 fully saturated rings. The molecule has 23 heavy (non-hydrogen) atoms. The van der Waals surface area contributed by atoms with Crippen LogP contribution in [0.2, 0.25) is 0 Å². The van der Waals surface area contributed by atoms with Crippen LogP contribution in [0.4, 0.5) is 10.1 Å². The van der Waals surface area contributed by atoms with Crippen molar-refractivity contribution in [1.82, 2.24) is 4.90 Å². The minimum Gasteiger partial charge on any atom is -0.324 e. The Morgan fingerprint density at radius 2 is 1.78 bits per heavy atom. The fraction of sp³-hybridized carbons (Fsp3) is 0.316. The second-order valence-electron chi connectivity index (χ2n) is 5.64. The minimum atomic E-state index is -0.368. The highest BCUT2D eigenvalue weighted by atomic mass is 19.1. The van der Waals surface area contributed by atoms with E-state index in [0.29, 0.717) is 5.69 Å². The summed E-state index contributed by atoms with van der Waals surface area (Å²) in [5.41, 5.74) is 1.55. The van der Waals surface area contributed by atoms with E-state index in [9.17, 15) is 9.18 Å². The average Bonchev–Trinajstić information content (AvgIpc) is 2.56. The Kier molecular flexibility index (Phi) is 6.29. The third-order valence-corrected chi connectivity index (χ3v) is 3.78. The van der Waals surface area contributed by atoms with Gasteiger partial charge in [-0.15, -0.1) is 0 Å². The van der Waals surface area contributed by atoms with Gasteiger partial charge in [0, 0.05) is 5.69 Å². The third-order valence-electron chi connectivity index (χ3n) is 3.78. The van der Waals surface area contributed by atoms with E-state index in [2.05, 4.69) is 17.1 Å². The van der Waals surface area contributed by atoms with Gasteiger partial charge in [-0.3, -0.25) is 9.69 Å². The van der Waals surface area contributed by atoms with Crippen LogP contribution in [0.5, 0.6) is 0 Å². The number of halogens is 1. The monoisotopic (exact) mass is 314 g/mol. The quantitative estimate of drug-likeness (QED) is 0.829. The van der Waals surface area contributed by atoms with Crippen LogP contribution in [0.15, 0.2) is 54.6 Å². The summed E-state index contributed by atoms with van der Waals surface area (Å²) in [4.78, 5) is 14.8. The highest BCUT2D eigenvalue weighted by Crippen LogP contribution is 2.22. The van der Waals surface area contributed by atoms with Gasteiger partial charge in [0.2, 0.25) is 5.91 Å². The maximum absolute atomic E-state index is 13.0. The molecule has 2 aromatic rings. The summed E-state index contributed by atoms with van der Waals surface area (Å²) in [6.07, 6.45) is 2.11. The molecule has 0 aliphatic heterocycles. The number of hydrogen-bond donors (Lipinski definition) is 1. The number of carbonyl (C=O) groups excluding carboxylic acids is 1. The fourth-order valence-corrected chi connectivity index (χ4v) is 2.52. The van der Waals surface area contributed by atoms with Crippen LogP contribution < -0.4 is 5.32 Å². The van der Waals surface area contributed by atoms with Gasteiger partial charge < -0.3 is 5.32 Å². The van der Waals surface area contributed by atoms with E-state index in [4.69, 9.17) is 0 Å². The summed E-state index contributed by atoms with van der Waals surface area (Å²) in [5.74, 6) is -0.427. The zero-order valence-electron chi connectivity index (χ0n) is 13.6. The molecule has 1 unspecified atom stereocenters. The van der Waals surface area contributed by atoms with Gasteiger partial charge in [-0.2, -0.15) is 0 Å². The Balaban J connectivity index is 2.18. The Labute approximate surface area is 137 Å². The lowest BCUT2D eigenvalue weighted by molar-refractivity contribution is -0.121. The number of likely N-dealkylation sites (N-methyl/N-ethyl adjacent to an activating group) is 1. The molecule has 0 aliphatic rings. The first-order valence-electron chi connectivity index (χ1n) is 7.93. The van der Waals surface area contributed by atoms with Gasteiger partial charge >= 0.3 is 0 Å². The minimum absolute atomic E-state index is 0.110. The van der Waals surface area contributed by atoms with Gasteiger partial charge in [-0.25, -0.2) is 4.39 Å². The lowest BCUT2D eigenvalue weighted by atomic mass is 10.0. The largest absolute Gasteiger partial charge is 0.324 e. The smallest absolute Gasteiger partial charge is 0.246 e. The molecule has 0 aliphatic carbocycles. The molecule has 0 heterocycles. The van der Waals surface area contributed by atoms with E-state index in [1.54, 1.807) is 12.1 Å². The predicted octanol–water partition coefficient (Wildman–Crippen LogP) is 4.24. The van der Waals surface area contributed by atoms with E-state index >= 15 is 0 Å². The van der Waals surface area contributed by atoms with E-state index < -0.39 is 0 Å². The number of unbranched alkanes of at least 4 members (excludes halogenated alkanes) is 1. The number of nitrogens with zero attached hydrogens (tertiary/aromatic N) is 1. The van der Waals surface area contributed by atoms with E-state index in [0.717, 1.165) is 24.9 Å². The standard InChI is InChI=1S/C19H23FN2O/c1-3-4-14-22(2)18(15-8-6-5-7-9-15)19(23)21-17-12-10-16(20)11-13-17/h5-13,18H,3-4,14H2,1-2H3,(H,21,23). The summed E-state index contributed by atoms with van der Waals surface area (Å²) in [5, 5.41) is 2.88. The fourth-order valence-electron chi connectivity index (χ4n) is 2.52. The third kappa shape index (κ3) is 4.89. The van der Waals surface area contributed by atoms with Crippen molar-refractivity contribution < 1.29 is 9.18 Å². The van der Waals surface area contributed by atoms with Gasteiger partial charge in [0.15, 0.2) is 0 Å². The number of carbonyl (C=O) groups is 1. The van der Waals surface area contributed by atoms with Gasteiger partial charge in [0.25, 0.3) is 0 Å². The number of anilines is 1. The first kappa shape index (κ1) is 17.2. The van der Waals surface area contributed by atoms with Crippen molar-refractivity contribution in [3.05, 3.63) is 66.0 Å². The lowest BCUT2D eigenvalue weighted by Gasteiger charge is -2.27. The molecule has 0 saturated heterocycles. The maximum Gasteiger partial charge on any atom is 0.246 e. The summed E-state index contributed by atoms with van der Waals surface area (Å²) >= 11 is 0. The molecule has 3 nitrogen and oxygen atoms in total. The topological polar surface area (TPSA) is 32.3 Å². The van der Waals surface area contributed by atoms with Crippen molar-refractivity contribution in [2.45, 2.75) is 25.8 Å². The molecule has 2 aromatic carbocycles. The normalized spacial score (nSPS) is 12.2. The molecule has 122 valence electrons. The molecule has 0 saturated carbocycles. The Morgan fingerprint density at radius 3 is 2.39 bits per heavy atom. The van der Waals surface area contributed by atoms with Gasteiger partial charge in [0.05, 0.1) is 0 Å². The molecule has 0 aromatic heterocycles. The van der Waals surface area contributed by atoms with Crippen LogP contribution in [0.1, 0.15) is 31.4 Å². The zero-order valence-corrected chi connectivity index (χ0v) is 13.6. The van der Waals surface area contributed by atoms with Crippen LogP contribution in [0.25, 0.3) is 0 Å². The van der Waals surface area contributed by atoms with Gasteiger partial charge in [-0.1, -0.05) is 43.7 Å². The molecule has 1 amide bonds. The first-order valence-corrected chi connectivity index (χ1v) is 7.93. The second kappa shape index (κ2) is 8.44. The Bertz CT molecular complexity index is 613. The summed E-state index contributed by atoms with van der Waals surface area (Å²) < 4.78 is 13.0. The molecular formula is C19H23FN2O. The number of amides is 1. The van der Waals surface area contributed by atoms with Gasteiger partial charge in [-0.05, 0) is 49.8 Å². The number of nitrogens with one attached hydrogen (secondary N) is 1. The molecule has 4 heteroatoms. The van der Waals surface area contributed by atoms with E-state index in [1.807, 2.05) is 37.4 Å². The van der Waals surface area contributed by atoms with Crippen molar-refractivity contribution >= 4 is 11.6 Å². The second-order valence-corrected chi connectivity index (χ2v) is 5.64. The van der Waals surface area contributed by atoms with Crippen LogP contribution in [-0.2, 0) is 4.79 Å². The van der Waals surface area contributed by atoms with Crippen LogP contribution in [-0.4, -0.2) is 24.4 Å².